The standard InChI is InChI=1S/C15H21NO3/c1-3-9-16(10-11-17)15(18)12-19-14-7-5-13(4-2)6-8-14/h3,5-8,17H,1,4,9-12H2,2H3. The number of rotatable bonds is 8. The molecule has 1 aromatic carbocycles. The highest BCUT2D eigenvalue weighted by Gasteiger charge is 2.11. The van der Waals surface area contributed by atoms with Crippen LogP contribution in [0.5, 0.6) is 5.75 Å². The van der Waals surface area contributed by atoms with Gasteiger partial charge in [0, 0.05) is 13.1 Å². The van der Waals surface area contributed by atoms with Crippen LogP contribution in [-0.4, -0.2) is 42.2 Å². The normalized spacial score (nSPS) is 10.0. The molecule has 4 heteroatoms. The molecule has 0 aliphatic heterocycles. The van der Waals surface area contributed by atoms with Gasteiger partial charge in [-0.15, -0.1) is 6.58 Å². The first kappa shape index (κ1) is 15.2. The van der Waals surface area contributed by atoms with Crippen molar-refractivity contribution in [2.75, 3.05) is 26.3 Å². The minimum atomic E-state index is -0.159. The summed E-state index contributed by atoms with van der Waals surface area (Å²) in [6, 6.07) is 7.68. The van der Waals surface area contributed by atoms with Gasteiger partial charge in [-0.05, 0) is 24.1 Å². The number of hydrogen-bond acceptors (Lipinski definition) is 3. The number of ether oxygens (including phenoxy) is 1. The fraction of sp³-hybridized carbons (Fsp3) is 0.400. The topological polar surface area (TPSA) is 49.8 Å². The molecule has 19 heavy (non-hydrogen) atoms. The average molecular weight is 263 g/mol. The van der Waals surface area contributed by atoms with E-state index in [1.165, 1.54) is 10.5 Å². The Morgan fingerprint density at radius 1 is 1.42 bits per heavy atom. The fourth-order valence-electron chi connectivity index (χ4n) is 1.65. The molecule has 0 radical (unpaired) electrons. The Bertz CT molecular complexity index is 400. The van der Waals surface area contributed by atoms with Gasteiger partial charge < -0.3 is 14.7 Å². The van der Waals surface area contributed by atoms with E-state index >= 15 is 0 Å². The molecule has 0 aliphatic rings. The molecule has 0 saturated carbocycles. The van der Waals surface area contributed by atoms with Gasteiger partial charge in [0.05, 0.1) is 6.61 Å². The minimum absolute atomic E-state index is 0.0285. The van der Waals surface area contributed by atoms with E-state index in [1.54, 1.807) is 6.08 Å². The van der Waals surface area contributed by atoms with Crippen LogP contribution in [0, 0.1) is 0 Å². The first-order valence-electron chi connectivity index (χ1n) is 6.42. The average Bonchev–Trinajstić information content (AvgIpc) is 2.45. The quantitative estimate of drug-likeness (QED) is 0.725. The molecule has 0 fully saturated rings. The molecule has 4 nitrogen and oxygen atoms in total. The van der Waals surface area contributed by atoms with Crippen LogP contribution in [0.3, 0.4) is 0 Å². The molecule has 0 unspecified atom stereocenters. The van der Waals surface area contributed by atoms with E-state index in [4.69, 9.17) is 9.84 Å². The third-order valence-electron chi connectivity index (χ3n) is 2.77. The maximum Gasteiger partial charge on any atom is 0.260 e. The second kappa shape index (κ2) is 8.32. The van der Waals surface area contributed by atoms with Crippen LogP contribution in [0.1, 0.15) is 12.5 Å². The summed E-state index contributed by atoms with van der Waals surface area (Å²) in [4.78, 5) is 13.4. The van der Waals surface area contributed by atoms with E-state index in [1.807, 2.05) is 24.3 Å². The lowest BCUT2D eigenvalue weighted by Crippen LogP contribution is -2.37. The Morgan fingerprint density at radius 2 is 2.11 bits per heavy atom. The fourth-order valence-corrected chi connectivity index (χ4v) is 1.65. The highest BCUT2D eigenvalue weighted by molar-refractivity contribution is 5.77. The van der Waals surface area contributed by atoms with Crippen molar-refractivity contribution in [3.05, 3.63) is 42.5 Å². The van der Waals surface area contributed by atoms with Crippen LogP contribution in [0.4, 0.5) is 0 Å². The summed E-state index contributed by atoms with van der Waals surface area (Å²) in [6.45, 7) is 6.29. The van der Waals surface area contributed by atoms with E-state index < -0.39 is 0 Å². The van der Waals surface area contributed by atoms with Gasteiger partial charge >= 0.3 is 0 Å². The van der Waals surface area contributed by atoms with Gasteiger partial charge in [0.2, 0.25) is 0 Å². The lowest BCUT2D eigenvalue weighted by Gasteiger charge is -2.20. The Hall–Kier alpha value is -1.81. The summed E-state index contributed by atoms with van der Waals surface area (Å²) in [7, 11) is 0. The van der Waals surface area contributed by atoms with Gasteiger partial charge in [0.15, 0.2) is 6.61 Å². The largest absolute Gasteiger partial charge is 0.484 e. The summed E-state index contributed by atoms with van der Waals surface area (Å²) in [5, 5.41) is 8.89. The monoisotopic (exact) mass is 263 g/mol. The molecular weight excluding hydrogens is 242 g/mol. The van der Waals surface area contributed by atoms with E-state index in [-0.39, 0.29) is 19.1 Å². The Morgan fingerprint density at radius 3 is 2.63 bits per heavy atom. The summed E-state index contributed by atoms with van der Waals surface area (Å²) in [5.74, 6) is 0.515. The van der Waals surface area contributed by atoms with Gasteiger partial charge in [-0.2, -0.15) is 0 Å². The van der Waals surface area contributed by atoms with Gasteiger partial charge in [-0.1, -0.05) is 25.1 Å². The van der Waals surface area contributed by atoms with Gasteiger partial charge in [-0.3, -0.25) is 4.79 Å². The van der Waals surface area contributed by atoms with Crippen molar-refractivity contribution in [2.24, 2.45) is 0 Å². The van der Waals surface area contributed by atoms with E-state index in [9.17, 15) is 4.79 Å². The summed E-state index contributed by atoms with van der Waals surface area (Å²) in [5.41, 5.74) is 1.23. The molecule has 1 aromatic rings. The zero-order valence-corrected chi connectivity index (χ0v) is 11.3. The first-order chi connectivity index (χ1) is 9.21. The molecule has 104 valence electrons. The third kappa shape index (κ3) is 5.14. The smallest absolute Gasteiger partial charge is 0.260 e. The Labute approximate surface area is 114 Å². The number of amides is 1. The minimum Gasteiger partial charge on any atom is -0.484 e. The molecule has 0 saturated heterocycles. The predicted molar refractivity (Wildman–Crippen MR) is 75.2 cm³/mol. The van der Waals surface area contributed by atoms with Crippen molar-refractivity contribution in [3.63, 3.8) is 0 Å². The number of aryl methyl sites for hydroxylation is 1. The molecule has 1 amide bonds. The Balaban J connectivity index is 2.49. The summed E-state index contributed by atoms with van der Waals surface area (Å²) >= 11 is 0. The SMILES string of the molecule is C=CCN(CCO)C(=O)COc1ccc(CC)cc1. The number of aliphatic hydroxyl groups excluding tert-OH is 1. The van der Waals surface area contributed by atoms with Crippen molar-refractivity contribution < 1.29 is 14.6 Å². The van der Waals surface area contributed by atoms with Crippen LogP contribution in [0.2, 0.25) is 0 Å². The maximum atomic E-state index is 11.9. The van der Waals surface area contributed by atoms with Gasteiger partial charge in [0.1, 0.15) is 5.75 Å². The predicted octanol–water partition coefficient (Wildman–Crippen LogP) is 1.63. The molecule has 1 rings (SSSR count). The molecule has 0 atom stereocenters. The third-order valence-corrected chi connectivity index (χ3v) is 2.77. The molecule has 0 aliphatic carbocycles. The summed E-state index contributed by atoms with van der Waals surface area (Å²) < 4.78 is 5.43. The van der Waals surface area contributed by atoms with Crippen molar-refractivity contribution in [1.82, 2.24) is 4.90 Å². The lowest BCUT2D eigenvalue weighted by atomic mass is 10.2. The lowest BCUT2D eigenvalue weighted by molar-refractivity contribution is -0.133. The number of hydrogen-bond donors (Lipinski definition) is 1. The van der Waals surface area contributed by atoms with Crippen LogP contribution in [-0.2, 0) is 11.2 Å². The van der Waals surface area contributed by atoms with Crippen LogP contribution in [0.15, 0.2) is 36.9 Å². The Kier molecular flexibility index (Phi) is 6.68. The van der Waals surface area contributed by atoms with Crippen molar-refractivity contribution in [3.8, 4) is 5.75 Å². The zero-order valence-electron chi connectivity index (χ0n) is 11.3. The molecule has 0 spiro atoms. The number of carbonyl (C=O) groups excluding carboxylic acids is 1. The number of aliphatic hydroxyl groups is 1. The summed E-state index contributed by atoms with van der Waals surface area (Å²) in [6.07, 6.45) is 2.60. The van der Waals surface area contributed by atoms with Crippen molar-refractivity contribution in [1.29, 1.82) is 0 Å². The van der Waals surface area contributed by atoms with E-state index in [0.717, 1.165) is 6.42 Å². The molecule has 0 bridgehead atoms. The van der Waals surface area contributed by atoms with Crippen molar-refractivity contribution in [2.45, 2.75) is 13.3 Å². The van der Waals surface area contributed by atoms with E-state index in [0.29, 0.717) is 18.8 Å². The molecular formula is C15H21NO3. The molecule has 0 heterocycles. The number of nitrogens with zero attached hydrogens (tertiary/aromatic N) is 1. The second-order valence-electron chi connectivity index (χ2n) is 4.14. The van der Waals surface area contributed by atoms with Crippen molar-refractivity contribution >= 4 is 5.91 Å². The molecule has 1 N–H and O–H groups in total. The van der Waals surface area contributed by atoms with Crippen LogP contribution < -0.4 is 4.74 Å². The number of benzene rings is 1. The van der Waals surface area contributed by atoms with Gasteiger partial charge in [0.25, 0.3) is 5.91 Å². The van der Waals surface area contributed by atoms with Crippen LogP contribution >= 0.6 is 0 Å². The van der Waals surface area contributed by atoms with E-state index in [2.05, 4.69) is 13.5 Å². The first-order valence-corrected chi connectivity index (χ1v) is 6.42. The zero-order chi connectivity index (χ0) is 14.1. The van der Waals surface area contributed by atoms with Crippen LogP contribution in [0.25, 0.3) is 0 Å². The molecule has 0 aromatic heterocycles. The number of carbonyl (C=O) groups is 1. The second-order valence-corrected chi connectivity index (χ2v) is 4.14. The van der Waals surface area contributed by atoms with Gasteiger partial charge in [-0.25, -0.2) is 0 Å². The highest BCUT2D eigenvalue weighted by Crippen LogP contribution is 2.12. The maximum absolute atomic E-state index is 11.9. The highest BCUT2D eigenvalue weighted by atomic mass is 16.5.